The van der Waals surface area contributed by atoms with Crippen LogP contribution in [0, 0.1) is 18.8 Å². The summed E-state index contributed by atoms with van der Waals surface area (Å²) < 4.78 is 0. The second-order valence-electron chi connectivity index (χ2n) is 6.96. The molecule has 2 N–H and O–H groups in total. The SMILES string of the molecule is CCc1nc(C)c(CC(=O)N2C[C@@H](CN(C)CC)[C@@H](CO)C2)c(=O)[nH]1. The Labute approximate surface area is 149 Å². The van der Waals surface area contributed by atoms with E-state index >= 15 is 0 Å². The first-order chi connectivity index (χ1) is 11.9. The van der Waals surface area contributed by atoms with E-state index in [1.54, 1.807) is 11.8 Å². The number of hydrogen-bond donors (Lipinski definition) is 2. The van der Waals surface area contributed by atoms with Gasteiger partial charge in [-0.1, -0.05) is 13.8 Å². The van der Waals surface area contributed by atoms with Gasteiger partial charge in [0.2, 0.25) is 5.91 Å². The third kappa shape index (κ3) is 4.67. The average molecular weight is 350 g/mol. The van der Waals surface area contributed by atoms with Crippen LogP contribution in [0.15, 0.2) is 4.79 Å². The lowest BCUT2D eigenvalue weighted by molar-refractivity contribution is -0.129. The number of aromatic nitrogens is 2. The van der Waals surface area contributed by atoms with Crippen molar-refractivity contribution in [3.05, 3.63) is 27.4 Å². The molecular weight excluding hydrogens is 320 g/mol. The van der Waals surface area contributed by atoms with Crippen LogP contribution in [0.2, 0.25) is 0 Å². The summed E-state index contributed by atoms with van der Waals surface area (Å²) in [6.07, 6.45) is 0.716. The van der Waals surface area contributed by atoms with Crippen LogP contribution in [0.25, 0.3) is 0 Å². The minimum absolute atomic E-state index is 0.0621. The van der Waals surface area contributed by atoms with Crippen molar-refractivity contribution < 1.29 is 9.90 Å². The van der Waals surface area contributed by atoms with Gasteiger partial charge >= 0.3 is 0 Å². The van der Waals surface area contributed by atoms with Crippen molar-refractivity contribution in [2.45, 2.75) is 33.6 Å². The highest BCUT2D eigenvalue weighted by atomic mass is 16.3. The highest BCUT2D eigenvalue weighted by molar-refractivity contribution is 5.79. The number of aliphatic hydroxyl groups excluding tert-OH is 1. The summed E-state index contributed by atoms with van der Waals surface area (Å²) in [5.41, 5.74) is 0.837. The van der Waals surface area contributed by atoms with E-state index in [0.717, 1.165) is 13.1 Å². The van der Waals surface area contributed by atoms with Gasteiger partial charge in [-0.25, -0.2) is 4.98 Å². The number of aryl methyl sites for hydroxylation is 2. The Balaban J connectivity index is 2.08. The molecule has 7 nitrogen and oxygen atoms in total. The van der Waals surface area contributed by atoms with E-state index < -0.39 is 0 Å². The van der Waals surface area contributed by atoms with Gasteiger partial charge in [-0.3, -0.25) is 9.59 Å². The Hall–Kier alpha value is -1.73. The number of aliphatic hydroxyl groups is 1. The van der Waals surface area contributed by atoms with E-state index in [2.05, 4.69) is 21.8 Å². The molecule has 7 heteroatoms. The summed E-state index contributed by atoms with van der Waals surface area (Å²) in [6, 6.07) is 0. The fourth-order valence-corrected chi connectivity index (χ4v) is 3.39. The summed E-state index contributed by atoms with van der Waals surface area (Å²) in [5, 5.41) is 9.64. The molecule has 1 aliphatic rings. The fraction of sp³-hybridized carbons (Fsp3) is 0.722. The molecule has 1 amide bonds. The molecule has 2 atom stereocenters. The van der Waals surface area contributed by atoms with E-state index in [-0.39, 0.29) is 36.3 Å². The highest BCUT2D eigenvalue weighted by Gasteiger charge is 2.35. The lowest BCUT2D eigenvalue weighted by Crippen LogP contribution is -2.34. The number of carbonyl (C=O) groups is 1. The molecule has 0 bridgehead atoms. The van der Waals surface area contributed by atoms with Gasteiger partial charge in [-0.2, -0.15) is 0 Å². The summed E-state index contributed by atoms with van der Waals surface area (Å²) in [4.78, 5) is 36.0. The van der Waals surface area contributed by atoms with E-state index in [1.165, 1.54) is 0 Å². The Morgan fingerprint density at radius 1 is 1.36 bits per heavy atom. The molecule has 1 aromatic heterocycles. The predicted octanol–water partition coefficient (Wildman–Crippen LogP) is 0.202. The molecule has 0 aromatic carbocycles. The molecule has 0 spiro atoms. The molecule has 140 valence electrons. The third-order valence-electron chi connectivity index (χ3n) is 5.18. The average Bonchev–Trinajstić information content (AvgIpc) is 3.00. The van der Waals surface area contributed by atoms with Crippen LogP contribution in [-0.4, -0.2) is 70.6 Å². The van der Waals surface area contributed by atoms with Crippen LogP contribution in [0.5, 0.6) is 0 Å². The number of amides is 1. The lowest BCUT2D eigenvalue weighted by atomic mass is 9.96. The highest BCUT2D eigenvalue weighted by Crippen LogP contribution is 2.24. The number of H-pyrrole nitrogens is 1. The second-order valence-corrected chi connectivity index (χ2v) is 6.96. The van der Waals surface area contributed by atoms with Crippen molar-refractivity contribution in [2.75, 3.05) is 39.8 Å². The number of carbonyl (C=O) groups excluding carboxylic acids is 1. The lowest BCUT2D eigenvalue weighted by Gasteiger charge is -2.22. The number of rotatable bonds is 7. The van der Waals surface area contributed by atoms with Gasteiger partial charge in [-0.05, 0) is 26.4 Å². The minimum atomic E-state index is -0.224. The molecule has 0 aliphatic carbocycles. The van der Waals surface area contributed by atoms with Crippen LogP contribution in [0.4, 0.5) is 0 Å². The monoisotopic (exact) mass is 350 g/mol. The molecule has 1 aliphatic heterocycles. The minimum Gasteiger partial charge on any atom is -0.396 e. The van der Waals surface area contributed by atoms with Gasteiger partial charge in [0, 0.05) is 49.8 Å². The number of likely N-dealkylation sites (tertiary alicyclic amines) is 1. The van der Waals surface area contributed by atoms with Gasteiger partial charge in [0.25, 0.3) is 5.56 Å². The summed E-state index contributed by atoms with van der Waals surface area (Å²) in [7, 11) is 2.04. The maximum Gasteiger partial charge on any atom is 0.254 e. The number of hydrogen-bond acceptors (Lipinski definition) is 5. The van der Waals surface area contributed by atoms with Gasteiger partial charge in [0.15, 0.2) is 0 Å². The van der Waals surface area contributed by atoms with Gasteiger partial charge in [0.1, 0.15) is 5.82 Å². The van der Waals surface area contributed by atoms with Crippen molar-refractivity contribution in [1.82, 2.24) is 19.8 Å². The molecule has 0 unspecified atom stereocenters. The van der Waals surface area contributed by atoms with Crippen molar-refractivity contribution in [3.8, 4) is 0 Å². The summed E-state index contributed by atoms with van der Waals surface area (Å²) in [5.74, 6) is 0.930. The molecule has 2 rings (SSSR count). The normalized spacial score (nSPS) is 20.5. The van der Waals surface area contributed by atoms with Crippen LogP contribution < -0.4 is 5.56 Å². The molecule has 0 saturated carbocycles. The van der Waals surface area contributed by atoms with Crippen LogP contribution in [0.1, 0.15) is 30.9 Å². The van der Waals surface area contributed by atoms with Crippen molar-refractivity contribution in [2.24, 2.45) is 11.8 Å². The Kier molecular flexibility index (Phi) is 6.72. The zero-order valence-electron chi connectivity index (χ0n) is 15.7. The third-order valence-corrected chi connectivity index (χ3v) is 5.18. The summed E-state index contributed by atoms with van der Waals surface area (Å²) in [6.45, 7) is 8.85. The maximum atomic E-state index is 12.7. The van der Waals surface area contributed by atoms with E-state index in [1.807, 2.05) is 14.0 Å². The standard InChI is InChI=1S/C18H30N4O3/c1-5-16-19-12(3)15(18(25)20-16)7-17(24)22-9-13(8-21(4)6-2)14(10-22)11-23/h13-14,23H,5-11H2,1-4H3,(H,19,20,25)/t13-,14-/m1/s1. The van der Waals surface area contributed by atoms with Crippen molar-refractivity contribution in [1.29, 1.82) is 0 Å². The van der Waals surface area contributed by atoms with E-state index in [4.69, 9.17) is 0 Å². The second kappa shape index (κ2) is 8.58. The van der Waals surface area contributed by atoms with Gasteiger partial charge in [0.05, 0.1) is 6.42 Å². The molecule has 25 heavy (non-hydrogen) atoms. The smallest absolute Gasteiger partial charge is 0.254 e. The first-order valence-electron chi connectivity index (χ1n) is 9.05. The molecule has 2 heterocycles. The molecule has 0 radical (unpaired) electrons. The Morgan fingerprint density at radius 2 is 2.04 bits per heavy atom. The van der Waals surface area contributed by atoms with Gasteiger partial charge in [-0.15, -0.1) is 0 Å². The van der Waals surface area contributed by atoms with Crippen molar-refractivity contribution in [3.63, 3.8) is 0 Å². The van der Waals surface area contributed by atoms with Crippen LogP contribution in [0.3, 0.4) is 0 Å². The quantitative estimate of drug-likeness (QED) is 0.733. The van der Waals surface area contributed by atoms with Crippen LogP contribution >= 0.6 is 0 Å². The molecule has 1 aromatic rings. The Bertz CT molecular complexity index is 658. The first-order valence-corrected chi connectivity index (χ1v) is 9.05. The maximum absolute atomic E-state index is 12.7. The first kappa shape index (κ1) is 19.6. The number of nitrogens with one attached hydrogen (secondary N) is 1. The topological polar surface area (TPSA) is 89.5 Å². The zero-order chi connectivity index (χ0) is 18.6. The van der Waals surface area contributed by atoms with Gasteiger partial charge < -0.3 is 19.9 Å². The van der Waals surface area contributed by atoms with E-state index in [0.29, 0.717) is 36.6 Å². The largest absolute Gasteiger partial charge is 0.396 e. The Morgan fingerprint density at radius 3 is 2.60 bits per heavy atom. The summed E-state index contributed by atoms with van der Waals surface area (Å²) >= 11 is 0. The molecular formula is C18H30N4O3. The van der Waals surface area contributed by atoms with E-state index in [9.17, 15) is 14.7 Å². The molecule has 1 saturated heterocycles. The fourth-order valence-electron chi connectivity index (χ4n) is 3.39. The number of aromatic amines is 1. The zero-order valence-corrected chi connectivity index (χ0v) is 15.7. The van der Waals surface area contributed by atoms with Crippen molar-refractivity contribution >= 4 is 5.91 Å². The number of nitrogens with zero attached hydrogens (tertiary/aromatic N) is 3. The van der Waals surface area contributed by atoms with Crippen LogP contribution in [-0.2, 0) is 17.6 Å². The molecule has 1 fully saturated rings. The predicted molar refractivity (Wildman–Crippen MR) is 96.5 cm³/mol.